The third kappa shape index (κ3) is 5.71. The van der Waals surface area contributed by atoms with E-state index in [0.29, 0.717) is 27.7 Å². The van der Waals surface area contributed by atoms with Gasteiger partial charge in [0.1, 0.15) is 5.75 Å². The molecule has 2 N–H and O–H groups in total. The van der Waals surface area contributed by atoms with Gasteiger partial charge in [-0.2, -0.15) is 0 Å². The third-order valence-corrected chi connectivity index (χ3v) is 4.69. The van der Waals surface area contributed by atoms with Crippen molar-refractivity contribution in [3.05, 3.63) is 87.0 Å². The lowest BCUT2D eigenvalue weighted by molar-refractivity contribution is -0.118. The Hall–Kier alpha value is -2.58. The van der Waals surface area contributed by atoms with Crippen molar-refractivity contribution in [3.63, 3.8) is 0 Å². The standard InChI is InChI=1S/C21H16ClIN2O3/c22-14-5-9-17(10-6-14)25-21(27)18-3-1-2-4-19(18)28-13-20(26)24-16-11-7-15(23)8-12-16/h1-12H,13H2,(H,24,26)(H,25,27). The number of nitrogens with one attached hydrogen (secondary N) is 2. The van der Waals surface area contributed by atoms with Gasteiger partial charge in [-0.1, -0.05) is 23.7 Å². The molecule has 0 unspecified atom stereocenters. The summed E-state index contributed by atoms with van der Waals surface area (Å²) in [6, 6.07) is 21.0. The number of hydrogen-bond acceptors (Lipinski definition) is 3. The quantitative estimate of drug-likeness (QED) is 0.451. The second kappa shape index (κ2) is 9.57. The van der Waals surface area contributed by atoms with Crippen LogP contribution in [0.1, 0.15) is 10.4 Å². The van der Waals surface area contributed by atoms with Gasteiger partial charge in [0.15, 0.2) is 6.61 Å². The molecule has 0 aliphatic heterocycles. The van der Waals surface area contributed by atoms with E-state index < -0.39 is 0 Å². The summed E-state index contributed by atoms with van der Waals surface area (Å²) in [5, 5.41) is 6.12. The van der Waals surface area contributed by atoms with E-state index in [4.69, 9.17) is 16.3 Å². The molecule has 0 fully saturated rings. The number of amides is 2. The maximum absolute atomic E-state index is 12.6. The summed E-state index contributed by atoms with van der Waals surface area (Å²) in [6.07, 6.45) is 0. The number of rotatable bonds is 6. The van der Waals surface area contributed by atoms with E-state index in [9.17, 15) is 9.59 Å². The molecule has 0 spiro atoms. The Morgan fingerprint density at radius 2 is 1.46 bits per heavy atom. The fraction of sp³-hybridized carbons (Fsp3) is 0.0476. The molecule has 3 aromatic carbocycles. The number of benzene rings is 3. The van der Waals surface area contributed by atoms with Gasteiger partial charge >= 0.3 is 0 Å². The highest BCUT2D eigenvalue weighted by atomic mass is 127. The highest BCUT2D eigenvalue weighted by Crippen LogP contribution is 2.21. The molecule has 7 heteroatoms. The molecule has 5 nitrogen and oxygen atoms in total. The van der Waals surface area contributed by atoms with Crippen molar-refractivity contribution in [3.8, 4) is 5.75 Å². The Morgan fingerprint density at radius 3 is 2.18 bits per heavy atom. The average Bonchev–Trinajstić information content (AvgIpc) is 2.70. The van der Waals surface area contributed by atoms with Gasteiger partial charge in [-0.25, -0.2) is 0 Å². The van der Waals surface area contributed by atoms with Crippen LogP contribution in [0.3, 0.4) is 0 Å². The lowest BCUT2D eigenvalue weighted by Gasteiger charge is -2.12. The minimum atomic E-state index is -0.337. The van der Waals surface area contributed by atoms with Gasteiger partial charge in [0.2, 0.25) is 0 Å². The summed E-state index contributed by atoms with van der Waals surface area (Å²) >= 11 is 8.05. The maximum atomic E-state index is 12.6. The second-order valence-corrected chi connectivity index (χ2v) is 7.48. The Labute approximate surface area is 181 Å². The molecule has 0 atom stereocenters. The summed E-state index contributed by atoms with van der Waals surface area (Å²) in [6.45, 7) is -0.211. The summed E-state index contributed by atoms with van der Waals surface area (Å²) < 4.78 is 6.65. The zero-order valence-corrected chi connectivity index (χ0v) is 17.5. The molecule has 0 heterocycles. The van der Waals surface area contributed by atoms with Crippen molar-refractivity contribution >= 4 is 57.4 Å². The summed E-state index contributed by atoms with van der Waals surface area (Å²) in [7, 11) is 0. The Balaban J connectivity index is 1.63. The van der Waals surface area contributed by atoms with Crippen LogP contribution in [0.5, 0.6) is 5.75 Å². The highest BCUT2D eigenvalue weighted by molar-refractivity contribution is 14.1. The smallest absolute Gasteiger partial charge is 0.262 e. The topological polar surface area (TPSA) is 67.4 Å². The normalized spacial score (nSPS) is 10.2. The fourth-order valence-electron chi connectivity index (χ4n) is 2.39. The monoisotopic (exact) mass is 506 g/mol. The molecule has 0 bridgehead atoms. The molecule has 28 heavy (non-hydrogen) atoms. The Bertz CT molecular complexity index is 976. The number of carbonyl (C=O) groups excluding carboxylic acids is 2. The predicted octanol–water partition coefficient (Wildman–Crippen LogP) is 5.21. The van der Waals surface area contributed by atoms with Crippen molar-refractivity contribution in [1.82, 2.24) is 0 Å². The predicted molar refractivity (Wildman–Crippen MR) is 119 cm³/mol. The molecule has 0 aliphatic rings. The third-order valence-electron chi connectivity index (χ3n) is 3.72. The van der Waals surface area contributed by atoms with Crippen LogP contribution in [0.25, 0.3) is 0 Å². The van der Waals surface area contributed by atoms with Crippen LogP contribution in [0.2, 0.25) is 5.02 Å². The molecule has 3 aromatic rings. The number of para-hydroxylation sites is 1. The summed E-state index contributed by atoms with van der Waals surface area (Å²) in [4.78, 5) is 24.7. The molecule has 0 radical (unpaired) electrons. The molecular weight excluding hydrogens is 491 g/mol. The van der Waals surface area contributed by atoms with Crippen LogP contribution < -0.4 is 15.4 Å². The van der Waals surface area contributed by atoms with E-state index in [1.165, 1.54) is 0 Å². The molecule has 0 saturated carbocycles. The number of carbonyl (C=O) groups is 2. The maximum Gasteiger partial charge on any atom is 0.262 e. The van der Waals surface area contributed by atoms with Crippen molar-refractivity contribution in [2.75, 3.05) is 17.2 Å². The van der Waals surface area contributed by atoms with Gasteiger partial charge in [0.05, 0.1) is 5.56 Å². The van der Waals surface area contributed by atoms with Gasteiger partial charge in [-0.15, -0.1) is 0 Å². The molecule has 0 saturated heterocycles. The zero-order valence-electron chi connectivity index (χ0n) is 14.6. The highest BCUT2D eigenvalue weighted by Gasteiger charge is 2.14. The number of anilines is 2. The van der Waals surface area contributed by atoms with Crippen molar-refractivity contribution in [1.29, 1.82) is 0 Å². The molecule has 0 aromatic heterocycles. The number of hydrogen-bond donors (Lipinski definition) is 2. The van der Waals surface area contributed by atoms with Crippen molar-refractivity contribution < 1.29 is 14.3 Å². The largest absolute Gasteiger partial charge is 0.483 e. The van der Waals surface area contributed by atoms with Crippen molar-refractivity contribution in [2.24, 2.45) is 0 Å². The van der Waals surface area contributed by atoms with Crippen molar-refractivity contribution in [2.45, 2.75) is 0 Å². The van der Waals surface area contributed by atoms with Gasteiger partial charge in [-0.05, 0) is 83.3 Å². The molecule has 0 aliphatic carbocycles. The average molecular weight is 507 g/mol. The van der Waals surface area contributed by atoms with E-state index in [1.807, 2.05) is 24.3 Å². The Kier molecular flexibility index (Phi) is 6.89. The second-order valence-electron chi connectivity index (χ2n) is 5.80. The van der Waals surface area contributed by atoms with E-state index in [0.717, 1.165) is 3.57 Å². The molecule has 2 amide bonds. The zero-order chi connectivity index (χ0) is 19.9. The van der Waals surface area contributed by atoms with Gasteiger partial charge in [-0.3, -0.25) is 9.59 Å². The van der Waals surface area contributed by atoms with Crippen LogP contribution in [-0.2, 0) is 4.79 Å². The van der Waals surface area contributed by atoms with E-state index >= 15 is 0 Å². The first-order chi connectivity index (χ1) is 13.5. The van der Waals surface area contributed by atoms with Crippen LogP contribution in [-0.4, -0.2) is 18.4 Å². The van der Waals surface area contributed by atoms with Crippen LogP contribution in [0.4, 0.5) is 11.4 Å². The first kappa shape index (κ1) is 20.2. The minimum absolute atomic E-state index is 0.211. The fourth-order valence-corrected chi connectivity index (χ4v) is 2.87. The summed E-state index contributed by atoms with van der Waals surface area (Å²) in [5.74, 6) is -0.322. The number of ether oxygens (including phenoxy) is 1. The van der Waals surface area contributed by atoms with Gasteiger partial charge in [0.25, 0.3) is 11.8 Å². The molecule has 142 valence electrons. The SMILES string of the molecule is O=C(COc1ccccc1C(=O)Nc1ccc(Cl)cc1)Nc1ccc(I)cc1. The van der Waals surface area contributed by atoms with Gasteiger partial charge in [0, 0.05) is 20.0 Å². The first-order valence-corrected chi connectivity index (χ1v) is 9.81. The molecule has 3 rings (SSSR count). The lowest BCUT2D eigenvalue weighted by Crippen LogP contribution is -2.21. The minimum Gasteiger partial charge on any atom is -0.483 e. The van der Waals surface area contributed by atoms with Gasteiger partial charge < -0.3 is 15.4 Å². The Morgan fingerprint density at radius 1 is 0.857 bits per heavy atom. The van der Waals surface area contributed by atoms with Crippen LogP contribution in [0, 0.1) is 3.57 Å². The van der Waals surface area contributed by atoms with Crippen LogP contribution >= 0.6 is 34.2 Å². The first-order valence-electron chi connectivity index (χ1n) is 8.35. The lowest BCUT2D eigenvalue weighted by atomic mass is 10.2. The van der Waals surface area contributed by atoms with Crippen LogP contribution in [0.15, 0.2) is 72.8 Å². The van der Waals surface area contributed by atoms with E-state index in [-0.39, 0.29) is 18.4 Å². The van der Waals surface area contributed by atoms with E-state index in [1.54, 1.807) is 48.5 Å². The summed E-state index contributed by atoms with van der Waals surface area (Å²) in [5.41, 5.74) is 1.63. The number of halogens is 2. The van der Waals surface area contributed by atoms with E-state index in [2.05, 4.69) is 33.2 Å². The molecular formula is C21H16ClIN2O3.